The Kier molecular flexibility index (Phi) is 6.00. The van der Waals surface area contributed by atoms with E-state index >= 15 is 0 Å². The predicted molar refractivity (Wildman–Crippen MR) is 87.3 cm³/mol. The average Bonchev–Trinajstić information content (AvgIpc) is 2.48. The van der Waals surface area contributed by atoms with E-state index in [0.29, 0.717) is 6.04 Å². The van der Waals surface area contributed by atoms with E-state index in [-0.39, 0.29) is 5.82 Å². The third-order valence-corrected chi connectivity index (χ3v) is 4.38. The lowest BCUT2D eigenvalue weighted by Crippen LogP contribution is -2.42. The molecule has 118 valence electrons. The van der Waals surface area contributed by atoms with Crippen LogP contribution in [0.25, 0.3) is 0 Å². The number of piperidine rings is 1. The summed E-state index contributed by atoms with van der Waals surface area (Å²) in [6, 6.07) is 6.08. The molecule has 0 radical (unpaired) electrons. The predicted octanol–water partition coefficient (Wildman–Crippen LogP) is 2.86. The quantitative estimate of drug-likeness (QED) is 0.814. The Morgan fingerprint density at radius 1 is 1.33 bits per heavy atom. The summed E-state index contributed by atoms with van der Waals surface area (Å²) in [5.74, 6) is -0.104. The van der Waals surface area contributed by atoms with Crippen LogP contribution < -0.4 is 10.2 Å². The molecule has 0 spiro atoms. The fourth-order valence-corrected chi connectivity index (χ4v) is 2.93. The van der Waals surface area contributed by atoms with Gasteiger partial charge in [-0.15, -0.1) is 0 Å². The summed E-state index contributed by atoms with van der Waals surface area (Å²) in [5, 5.41) is 3.31. The van der Waals surface area contributed by atoms with E-state index in [4.69, 9.17) is 0 Å². The van der Waals surface area contributed by atoms with Gasteiger partial charge in [-0.25, -0.2) is 4.39 Å². The molecule has 4 heteroatoms. The molecule has 0 amide bonds. The van der Waals surface area contributed by atoms with Gasteiger partial charge in [-0.05, 0) is 63.6 Å². The molecule has 0 aliphatic carbocycles. The van der Waals surface area contributed by atoms with Crippen molar-refractivity contribution in [2.24, 2.45) is 0 Å². The number of nitrogens with zero attached hydrogens (tertiary/aromatic N) is 2. The lowest BCUT2D eigenvalue weighted by Gasteiger charge is -2.36. The van der Waals surface area contributed by atoms with Crippen LogP contribution in [0.3, 0.4) is 0 Å². The third kappa shape index (κ3) is 4.42. The van der Waals surface area contributed by atoms with Crippen molar-refractivity contribution in [3.8, 4) is 0 Å². The molecule has 0 atom stereocenters. The molecule has 1 heterocycles. The molecule has 1 saturated heterocycles. The van der Waals surface area contributed by atoms with Gasteiger partial charge in [-0.2, -0.15) is 0 Å². The van der Waals surface area contributed by atoms with Crippen molar-refractivity contribution < 1.29 is 4.39 Å². The van der Waals surface area contributed by atoms with Crippen molar-refractivity contribution in [1.82, 2.24) is 10.2 Å². The van der Waals surface area contributed by atoms with E-state index < -0.39 is 0 Å². The van der Waals surface area contributed by atoms with Crippen molar-refractivity contribution in [3.05, 3.63) is 29.6 Å². The van der Waals surface area contributed by atoms with Crippen LogP contribution in [0.2, 0.25) is 0 Å². The normalized spacial score (nSPS) is 17.1. The van der Waals surface area contributed by atoms with Gasteiger partial charge in [0, 0.05) is 19.6 Å². The topological polar surface area (TPSA) is 18.5 Å². The first kappa shape index (κ1) is 16.2. The molecule has 1 aromatic rings. The summed E-state index contributed by atoms with van der Waals surface area (Å²) in [5.41, 5.74) is 1.74. The molecule has 3 nitrogen and oxygen atoms in total. The van der Waals surface area contributed by atoms with Gasteiger partial charge in [0.15, 0.2) is 0 Å². The van der Waals surface area contributed by atoms with Crippen LogP contribution in [0.5, 0.6) is 0 Å². The summed E-state index contributed by atoms with van der Waals surface area (Å²) < 4.78 is 14.4. The minimum atomic E-state index is -0.104. The molecule has 0 aromatic heterocycles. The molecule has 2 rings (SSSR count). The number of rotatable bonds is 6. The summed E-state index contributed by atoms with van der Waals surface area (Å²) in [7, 11) is 4.16. The number of benzene rings is 1. The highest BCUT2D eigenvalue weighted by molar-refractivity contribution is 5.49. The van der Waals surface area contributed by atoms with Gasteiger partial charge < -0.3 is 15.1 Å². The van der Waals surface area contributed by atoms with Crippen molar-refractivity contribution in [3.63, 3.8) is 0 Å². The number of anilines is 1. The number of nitrogens with one attached hydrogen (secondary N) is 1. The Morgan fingerprint density at radius 3 is 2.67 bits per heavy atom. The van der Waals surface area contributed by atoms with E-state index in [1.54, 1.807) is 6.07 Å². The highest BCUT2D eigenvalue weighted by Crippen LogP contribution is 2.25. The molecule has 0 unspecified atom stereocenters. The van der Waals surface area contributed by atoms with E-state index in [2.05, 4.69) is 29.1 Å². The van der Waals surface area contributed by atoms with Crippen LogP contribution >= 0.6 is 0 Å². The van der Waals surface area contributed by atoms with Crippen LogP contribution in [0.1, 0.15) is 31.7 Å². The van der Waals surface area contributed by atoms with Gasteiger partial charge in [-0.3, -0.25) is 0 Å². The van der Waals surface area contributed by atoms with Crippen LogP contribution in [-0.2, 0) is 6.54 Å². The summed E-state index contributed by atoms with van der Waals surface area (Å²) in [6.45, 7) is 6.03. The maximum atomic E-state index is 14.4. The maximum absolute atomic E-state index is 14.4. The summed E-state index contributed by atoms with van der Waals surface area (Å²) in [4.78, 5) is 4.45. The van der Waals surface area contributed by atoms with Crippen molar-refractivity contribution in [2.75, 3.05) is 38.6 Å². The van der Waals surface area contributed by atoms with Crippen LogP contribution in [0, 0.1) is 5.82 Å². The SMILES string of the molecule is CCCNCc1ccc(N(C)C2CCN(C)CC2)c(F)c1. The second-order valence-corrected chi connectivity index (χ2v) is 6.11. The maximum Gasteiger partial charge on any atom is 0.146 e. The molecular formula is C17H28FN3. The van der Waals surface area contributed by atoms with Crippen molar-refractivity contribution in [2.45, 2.75) is 38.8 Å². The zero-order chi connectivity index (χ0) is 15.2. The van der Waals surface area contributed by atoms with E-state index in [9.17, 15) is 4.39 Å². The lowest BCUT2D eigenvalue weighted by atomic mass is 10.0. The molecule has 1 aromatic carbocycles. The minimum absolute atomic E-state index is 0.104. The van der Waals surface area contributed by atoms with Crippen molar-refractivity contribution >= 4 is 5.69 Å². The van der Waals surface area contributed by atoms with Gasteiger partial charge in [0.25, 0.3) is 0 Å². The van der Waals surface area contributed by atoms with Crippen molar-refractivity contribution in [1.29, 1.82) is 0 Å². The Hall–Kier alpha value is -1.13. The minimum Gasteiger partial charge on any atom is -0.369 e. The Labute approximate surface area is 128 Å². The van der Waals surface area contributed by atoms with E-state index in [1.807, 2.05) is 19.2 Å². The third-order valence-electron chi connectivity index (χ3n) is 4.38. The van der Waals surface area contributed by atoms with Gasteiger partial charge in [0.1, 0.15) is 5.82 Å². The van der Waals surface area contributed by atoms with Crippen LogP contribution in [-0.4, -0.2) is 44.7 Å². The molecule has 1 aliphatic heterocycles. The molecule has 1 aliphatic rings. The monoisotopic (exact) mass is 293 g/mol. The first-order valence-corrected chi connectivity index (χ1v) is 8.02. The zero-order valence-corrected chi connectivity index (χ0v) is 13.5. The van der Waals surface area contributed by atoms with Gasteiger partial charge in [0.05, 0.1) is 5.69 Å². The largest absolute Gasteiger partial charge is 0.369 e. The second kappa shape index (κ2) is 7.76. The van der Waals surface area contributed by atoms with Gasteiger partial charge in [-0.1, -0.05) is 13.0 Å². The number of likely N-dealkylation sites (tertiary alicyclic amines) is 1. The van der Waals surface area contributed by atoms with Crippen LogP contribution in [0.15, 0.2) is 18.2 Å². The first-order valence-electron chi connectivity index (χ1n) is 8.02. The fraction of sp³-hybridized carbons (Fsp3) is 0.647. The molecule has 1 N–H and O–H groups in total. The summed E-state index contributed by atoms with van der Waals surface area (Å²) in [6.07, 6.45) is 3.30. The highest BCUT2D eigenvalue weighted by atomic mass is 19.1. The molecule has 0 saturated carbocycles. The molecule has 0 bridgehead atoms. The first-order chi connectivity index (χ1) is 10.1. The molecule has 1 fully saturated rings. The zero-order valence-electron chi connectivity index (χ0n) is 13.5. The molecule has 21 heavy (non-hydrogen) atoms. The summed E-state index contributed by atoms with van der Waals surface area (Å²) >= 11 is 0. The van der Waals surface area contributed by atoms with Gasteiger partial charge >= 0.3 is 0 Å². The number of hydrogen-bond donors (Lipinski definition) is 1. The average molecular weight is 293 g/mol. The van der Waals surface area contributed by atoms with Gasteiger partial charge in [0.2, 0.25) is 0 Å². The highest BCUT2D eigenvalue weighted by Gasteiger charge is 2.22. The molecular weight excluding hydrogens is 265 g/mol. The number of halogens is 1. The smallest absolute Gasteiger partial charge is 0.146 e. The second-order valence-electron chi connectivity index (χ2n) is 6.11. The standard InChI is InChI=1S/C17H28FN3/c1-4-9-19-13-14-5-6-17(16(18)12-14)21(3)15-7-10-20(2)11-8-15/h5-6,12,15,19H,4,7-11,13H2,1-3H3. The Balaban J connectivity index is 1.99. The van der Waals surface area contributed by atoms with Crippen LogP contribution in [0.4, 0.5) is 10.1 Å². The van der Waals surface area contributed by atoms with E-state index in [0.717, 1.165) is 56.7 Å². The number of hydrogen-bond acceptors (Lipinski definition) is 3. The Bertz CT molecular complexity index is 442. The lowest BCUT2D eigenvalue weighted by molar-refractivity contribution is 0.252. The van der Waals surface area contributed by atoms with E-state index in [1.165, 1.54) is 0 Å². The Morgan fingerprint density at radius 2 is 2.05 bits per heavy atom. The fourth-order valence-electron chi connectivity index (χ4n) is 2.93.